The van der Waals surface area contributed by atoms with E-state index < -0.39 is 24.4 Å². The van der Waals surface area contributed by atoms with E-state index in [1.165, 1.54) is 0 Å². The van der Waals surface area contributed by atoms with Crippen molar-refractivity contribution in [1.82, 2.24) is 4.90 Å². The maximum absolute atomic E-state index is 10.7. The molecule has 0 rings (SSSR count). The lowest BCUT2D eigenvalue weighted by molar-refractivity contribution is -0.149. The minimum absolute atomic E-state index is 0.294. The Bertz CT molecular complexity index is 312. The summed E-state index contributed by atoms with van der Waals surface area (Å²) in [7, 11) is 0. The molecule has 0 spiro atoms. The first-order valence-corrected chi connectivity index (χ1v) is 3.95. The molecule has 0 radical (unpaired) electrons. The van der Waals surface area contributed by atoms with E-state index in [0.717, 1.165) is 4.90 Å². The van der Waals surface area contributed by atoms with Crippen LogP contribution in [0.25, 0.3) is 0 Å². The molecule has 0 saturated carbocycles. The molecule has 0 bridgehead atoms. The first-order valence-electron chi connectivity index (χ1n) is 3.95. The van der Waals surface area contributed by atoms with Gasteiger partial charge in [0.2, 0.25) is 0 Å². The Morgan fingerprint density at radius 3 is 1.93 bits per heavy atom. The summed E-state index contributed by atoms with van der Waals surface area (Å²) in [6.45, 7) is -0.588. The first kappa shape index (κ1) is 12.9. The number of carboxylic acids is 2. The highest BCUT2D eigenvalue weighted by molar-refractivity contribution is 5.80. The van der Waals surface area contributed by atoms with Crippen LogP contribution in [0, 0.1) is 22.7 Å². The van der Waals surface area contributed by atoms with Crippen LogP contribution in [-0.2, 0) is 9.59 Å². The van der Waals surface area contributed by atoms with Crippen molar-refractivity contribution in [3.8, 4) is 12.1 Å². The lowest BCUT2D eigenvalue weighted by Crippen LogP contribution is -2.43. The van der Waals surface area contributed by atoms with E-state index in [-0.39, 0.29) is 13.1 Å². The van der Waals surface area contributed by atoms with Gasteiger partial charge in [-0.25, -0.2) is 0 Å². The van der Waals surface area contributed by atoms with Crippen molar-refractivity contribution in [1.29, 1.82) is 10.5 Å². The highest BCUT2D eigenvalue weighted by atomic mass is 16.4. The molecule has 0 aromatic heterocycles. The van der Waals surface area contributed by atoms with Crippen LogP contribution >= 0.6 is 0 Å². The third-order valence-electron chi connectivity index (χ3n) is 1.64. The van der Waals surface area contributed by atoms with Gasteiger partial charge in [0.1, 0.15) is 6.04 Å². The van der Waals surface area contributed by atoms with Crippen molar-refractivity contribution < 1.29 is 19.8 Å². The smallest absolute Gasteiger partial charge is 0.321 e. The second-order valence-corrected chi connectivity index (χ2v) is 2.67. The summed E-state index contributed by atoms with van der Waals surface area (Å²) in [5.41, 5.74) is 0. The molecule has 0 unspecified atom stereocenters. The minimum Gasteiger partial charge on any atom is -0.481 e. The van der Waals surface area contributed by atoms with Crippen molar-refractivity contribution in [2.75, 3.05) is 13.1 Å². The molecule has 0 aliphatic carbocycles. The third kappa shape index (κ3) is 4.60. The Morgan fingerprint density at radius 2 is 1.67 bits per heavy atom. The van der Waals surface area contributed by atoms with Crippen LogP contribution in [0.15, 0.2) is 0 Å². The lowest BCUT2D eigenvalue weighted by Gasteiger charge is -2.21. The van der Waals surface area contributed by atoms with Crippen LogP contribution in [0.1, 0.15) is 6.42 Å². The van der Waals surface area contributed by atoms with Crippen molar-refractivity contribution in [3.05, 3.63) is 0 Å². The van der Waals surface area contributed by atoms with Gasteiger partial charge in [-0.15, -0.1) is 0 Å². The quantitative estimate of drug-likeness (QED) is 0.554. The molecule has 7 nitrogen and oxygen atoms in total. The summed E-state index contributed by atoms with van der Waals surface area (Å²) in [6, 6.07) is 2.01. The van der Waals surface area contributed by atoms with Crippen LogP contribution in [0.4, 0.5) is 0 Å². The summed E-state index contributed by atoms with van der Waals surface area (Å²) < 4.78 is 0. The van der Waals surface area contributed by atoms with Crippen LogP contribution in [0.2, 0.25) is 0 Å². The van der Waals surface area contributed by atoms with Gasteiger partial charge in [-0.1, -0.05) is 0 Å². The number of carboxylic acid groups (broad SMARTS) is 2. The van der Waals surface area contributed by atoms with Crippen LogP contribution in [-0.4, -0.2) is 46.2 Å². The van der Waals surface area contributed by atoms with Crippen molar-refractivity contribution in [3.63, 3.8) is 0 Å². The number of hydrogen-bond acceptors (Lipinski definition) is 5. The van der Waals surface area contributed by atoms with Gasteiger partial charge in [-0.2, -0.15) is 10.5 Å². The zero-order valence-electron chi connectivity index (χ0n) is 7.75. The predicted octanol–water partition coefficient (Wildman–Crippen LogP) is -0.737. The van der Waals surface area contributed by atoms with E-state index in [0.29, 0.717) is 0 Å². The van der Waals surface area contributed by atoms with Crippen LogP contribution < -0.4 is 0 Å². The first-order chi connectivity index (χ1) is 7.02. The number of hydrogen-bond donors (Lipinski definition) is 2. The summed E-state index contributed by atoms with van der Waals surface area (Å²) >= 11 is 0. The van der Waals surface area contributed by atoms with Crippen molar-refractivity contribution in [2.45, 2.75) is 12.5 Å². The fourth-order valence-corrected chi connectivity index (χ4v) is 0.996. The molecule has 0 aliphatic heterocycles. The van der Waals surface area contributed by atoms with E-state index >= 15 is 0 Å². The van der Waals surface area contributed by atoms with Gasteiger partial charge in [0.15, 0.2) is 0 Å². The number of nitrogens with zero attached hydrogens (tertiary/aromatic N) is 3. The largest absolute Gasteiger partial charge is 0.481 e. The highest BCUT2D eigenvalue weighted by Crippen LogP contribution is 2.04. The molecule has 0 aromatic rings. The monoisotopic (exact) mass is 211 g/mol. The van der Waals surface area contributed by atoms with Gasteiger partial charge in [0, 0.05) is 0 Å². The average molecular weight is 211 g/mol. The Labute approximate surface area is 85.8 Å². The molecule has 0 aromatic carbocycles. The summed E-state index contributed by atoms with van der Waals surface area (Å²) in [6.07, 6.45) is -0.640. The normalized spacial score (nSPS) is 11.4. The topological polar surface area (TPSA) is 125 Å². The fraction of sp³-hybridized carbons (Fsp3) is 0.500. The highest BCUT2D eigenvalue weighted by Gasteiger charge is 2.27. The Balaban J connectivity index is 4.69. The minimum atomic E-state index is -1.36. The van der Waals surface area contributed by atoms with Crippen molar-refractivity contribution >= 4 is 11.9 Å². The molecule has 0 amide bonds. The second-order valence-electron chi connectivity index (χ2n) is 2.67. The molecule has 15 heavy (non-hydrogen) atoms. The number of rotatable bonds is 6. The van der Waals surface area contributed by atoms with Gasteiger partial charge < -0.3 is 10.2 Å². The lowest BCUT2D eigenvalue weighted by atomic mass is 10.2. The van der Waals surface area contributed by atoms with Gasteiger partial charge in [-0.3, -0.25) is 14.5 Å². The average Bonchev–Trinajstić information content (AvgIpc) is 2.13. The zero-order valence-corrected chi connectivity index (χ0v) is 7.75. The predicted molar refractivity (Wildman–Crippen MR) is 46.5 cm³/mol. The van der Waals surface area contributed by atoms with Gasteiger partial charge in [-0.05, 0) is 0 Å². The van der Waals surface area contributed by atoms with Crippen molar-refractivity contribution in [2.24, 2.45) is 0 Å². The molecule has 0 aliphatic rings. The molecule has 0 saturated heterocycles. The molecular weight excluding hydrogens is 202 g/mol. The molecule has 1 atom stereocenters. The van der Waals surface area contributed by atoms with E-state index in [9.17, 15) is 9.59 Å². The van der Waals surface area contributed by atoms with E-state index in [2.05, 4.69) is 0 Å². The SMILES string of the molecule is N#CCN(CC#N)[C@@H](CC(=O)O)C(=O)O. The Hall–Kier alpha value is -2.12. The summed E-state index contributed by atoms with van der Waals surface area (Å²) in [5, 5.41) is 34.0. The van der Waals surface area contributed by atoms with Gasteiger partial charge in [0.25, 0.3) is 0 Å². The number of nitriles is 2. The number of carbonyl (C=O) groups is 2. The van der Waals surface area contributed by atoms with Crippen LogP contribution in [0.3, 0.4) is 0 Å². The third-order valence-corrected chi connectivity index (χ3v) is 1.64. The van der Waals surface area contributed by atoms with E-state index in [1.54, 1.807) is 12.1 Å². The summed E-state index contributed by atoms with van der Waals surface area (Å²) in [5.74, 6) is -2.65. The molecule has 80 valence electrons. The zero-order chi connectivity index (χ0) is 11.8. The summed E-state index contributed by atoms with van der Waals surface area (Å²) in [4.78, 5) is 22.1. The van der Waals surface area contributed by atoms with Gasteiger partial charge in [0.05, 0.1) is 31.6 Å². The maximum atomic E-state index is 10.7. The number of aliphatic carboxylic acids is 2. The fourth-order valence-electron chi connectivity index (χ4n) is 0.996. The van der Waals surface area contributed by atoms with E-state index in [1.807, 2.05) is 0 Å². The van der Waals surface area contributed by atoms with E-state index in [4.69, 9.17) is 20.7 Å². The van der Waals surface area contributed by atoms with Gasteiger partial charge >= 0.3 is 11.9 Å². The van der Waals surface area contributed by atoms with Crippen LogP contribution in [0.5, 0.6) is 0 Å². The maximum Gasteiger partial charge on any atom is 0.321 e. The Morgan fingerprint density at radius 1 is 1.20 bits per heavy atom. The molecule has 0 heterocycles. The molecule has 7 heteroatoms. The standard InChI is InChI=1S/C8H9N3O4/c9-1-3-11(4-2-10)6(8(14)15)5-7(12)13/h6H,3-5H2,(H,12,13)(H,14,15)/t6-/m0/s1. The molecule has 2 N–H and O–H groups in total. The molecule has 0 fully saturated rings. The second kappa shape index (κ2) is 6.35. The Kier molecular flexibility index (Phi) is 5.45. The molecular formula is C8H9N3O4.